The van der Waals surface area contributed by atoms with Crippen molar-refractivity contribution < 1.29 is 14.7 Å². The lowest BCUT2D eigenvalue weighted by atomic mass is 10.2. The van der Waals surface area contributed by atoms with Crippen LogP contribution in [0.2, 0.25) is 0 Å². The molecule has 6 heteroatoms. The van der Waals surface area contributed by atoms with Crippen molar-refractivity contribution in [2.24, 2.45) is 0 Å². The number of aromatic carboxylic acids is 1. The number of carbonyl (C=O) groups excluding carboxylic acids is 1. The van der Waals surface area contributed by atoms with E-state index in [2.05, 4.69) is 10.3 Å². The van der Waals surface area contributed by atoms with Gasteiger partial charge >= 0.3 is 5.97 Å². The minimum Gasteiger partial charge on any atom is -0.478 e. The maximum atomic E-state index is 11.5. The summed E-state index contributed by atoms with van der Waals surface area (Å²) in [6.45, 7) is 2.06. The van der Waals surface area contributed by atoms with Crippen molar-refractivity contribution in [1.29, 1.82) is 0 Å². The Labute approximate surface area is 110 Å². The molecule has 0 saturated heterocycles. The molecule has 0 bridgehead atoms. The number of aryl methyl sites for hydroxylation is 1. The van der Waals surface area contributed by atoms with E-state index < -0.39 is 5.97 Å². The Morgan fingerprint density at radius 3 is 2.74 bits per heavy atom. The molecule has 2 rings (SSSR count). The molecule has 1 heterocycles. The van der Waals surface area contributed by atoms with Crippen LogP contribution in [0.5, 0.6) is 0 Å². The van der Waals surface area contributed by atoms with Gasteiger partial charge in [-0.15, -0.1) is 0 Å². The Balaban J connectivity index is 2.65. The van der Waals surface area contributed by atoms with Gasteiger partial charge in [-0.2, -0.15) is 0 Å². The van der Waals surface area contributed by atoms with Gasteiger partial charge in [-0.1, -0.05) is 13.0 Å². The summed E-state index contributed by atoms with van der Waals surface area (Å²) >= 11 is 0. The molecular formula is C13H15N3O3. The fraction of sp³-hybridized carbons (Fsp3) is 0.308. The third-order valence-corrected chi connectivity index (χ3v) is 2.99. The van der Waals surface area contributed by atoms with E-state index in [1.54, 1.807) is 23.7 Å². The van der Waals surface area contributed by atoms with Gasteiger partial charge in [0.25, 0.3) is 0 Å². The highest BCUT2D eigenvalue weighted by molar-refractivity contribution is 6.01. The number of carbonyl (C=O) groups is 2. The van der Waals surface area contributed by atoms with Gasteiger partial charge in [0.2, 0.25) is 5.91 Å². The number of carboxylic acids is 1. The molecule has 0 aliphatic heterocycles. The van der Waals surface area contributed by atoms with Crippen LogP contribution in [0.1, 0.15) is 23.1 Å². The van der Waals surface area contributed by atoms with E-state index in [0.717, 1.165) is 0 Å². The highest BCUT2D eigenvalue weighted by Gasteiger charge is 2.17. The van der Waals surface area contributed by atoms with E-state index >= 15 is 0 Å². The summed E-state index contributed by atoms with van der Waals surface area (Å²) in [5.74, 6) is -0.458. The molecule has 0 radical (unpaired) electrons. The second-order valence-corrected chi connectivity index (χ2v) is 4.12. The first kappa shape index (κ1) is 13.1. The van der Waals surface area contributed by atoms with Crippen LogP contribution in [0.15, 0.2) is 18.2 Å². The molecule has 100 valence electrons. The molecule has 1 aromatic heterocycles. The summed E-state index contributed by atoms with van der Waals surface area (Å²) < 4.78 is 1.75. The Morgan fingerprint density at radius 2 is 2.16 bits per heavy atom. The molecule has 0 saturated carbocycles. The molecule has 2 aromatic rings. The van der Waals surface area contributed by atoms with Crippen molar-refractivity contribution in [3.63, 3.8) is 0 Å². The van der Waals surface area contributed by atoms with E-state index in [4.69, 9.17) is 5.11 Å². The first-order valence-corrected chi connectivity index (χ1v) is 6.00. The molecule has 0 atom stereocenters. The SMILES string of the molecule is CCc1nc2c(C(=O)O)cccc2n1CC(=O)NC. The Hall–Kier alpha value is -2.37. The van der Waals surface area contributed by atoms with Crippen LogP contribution in [-0.4, -0.2) is 33.6 Å². The zero-order valence-corrected chi connectivity index (χ0v) is 10.8. The van der Waals surface area contributed by atoms with Gasteiger partial charge in [0.1, 0.15) is 17.9 Å². The molecule has 6 nitrogen and oxygen atoms in total. The van der Waals surface area contributed by atoms with Crippen molar-refractivity contribution >= 4 is 22.9 Å². The lowest BCUT2D eigenvalue weighted by Crippen LogP contribution is -2.24. The lowest BCUT2D eigenvalue weighted by Gasteiger charge is -2.06. The number of likely N-dealkylation sites (N-methyl/N-ethyl adjacent to an activating group) is 1. The summed E-state index contributed by atoms with van der Waals surface area (Å²) in [6, 6.07) is 4.95. The number of para-hydroxylation sites is 1. The largest absolute Gasteiger partial charge is 0.478 e. The van der Waals surface area contributed by atoms with Crippen LogP contribution in [0.25, 0.3) is 11.0 Å². The lowest BCUT2D eigenvalue weighted by molar-refractivity contribution is -0.121. The van der Waals surface area contributed by atoms with E-state index in [0.29, 0.717) is 23.3 Å². The smallest absolute Gasteiger partial charge is 0.337 e. The number of rotatable bonds is 4. The first-order chi connectivity index (χ1) is 9.08. The summed E-state index contributed by atoms with van der Waals surface area (Å²) in [5, 5.41) is 11.7. The topological polar surface area (TPSA) is 84.2 Å². The van der Waals surface area contributed by atoms with Gasteiger partial charge in [-0.05, 0) is 12.1 Å². The number of aromatic nitrogens is 2. The average molecular weight is 261 g/mol. The van der Waals surface area contributed by atoms with Crippen molar-refractivity contribution in [3.8, 4) is 0 Å². The summed E-state index contributed by atoms with van der Waals surface area (Å²) in [6.07, 6.45) is 0.630. The molecule has 0 aliphatic rings. The molecule has 2 N–H and O–H groups in total. The minimum atomic E-state index is -1.02. The predicted molar refractivity (Wildman–Crippen MR) is 70.1 cm³/mol. The van der Waals surface area contributed by atoms with Gasteiger partial charge in [0.05, 0.1) is 11.1 Å². The standard InChI is InChI=1S/C13H15N3O3/c1-3-10-15-12-8(13(18)19)5-4-6-9(12)16(10)7-11(17)14-2/h4-6H,3,7H2,1-2H3,(H,14,17)(H,18,19). The van der Waals surface area contributed by atoms with Gasteiger partial charge in [-0.3, -0.25) is 4.79 Å². The molecule has 0 fully saturated rings. The van der Waals surface area contributed by atoms with Crippen molar-refractivity contribution in [1.82, 2.24) is 14.9 Å². The zero-order valence-electron chi connectivity index (χ0n) is 10.8. The van der Waals surface area contributed by atoms with Gasteiger partial charge in [0, 0.05) is 13.5 Å². The second kappa shape index (κ2) is 5.09. The summed E-state index contributed by atoms with van der Waals surface area (Å²) in [5.41, 5.74) is 1.25. The second-order valence-electron chi connectivity index (χ2n) is 4.12. The zero-order chi connectivity index (χ0) is 14.0. The molecule has 0 spiro atoms. The highest BCUT2D eigenvalue weighted by atomic mass is 16.4. The van der Waals surface area contributed by atoms with Gasteiger partial charge in [-0.25, -0.2) is 9.78 Å². The maximum absolute atomic E-state index is 11.5. The fourth-order valence-electron chi connectivity index (χ4n) is 2.04. The number of hydrogen-bond donors (Lipinski definition) is 2. The van der Waals surface area contributed by atoms with Crippen LogP contribution in [-0.2, 0) is 17.8 Å². The number of carboxylic acid groups (broad SMARTS) is 1. The van der Waals surface area contributed by atoms with Crippen LogP contribution in [0.3, 0.4) is 0 Å². The Kier molecular flexibility index (Phi) is 3.50. The molecule has 19 heavy (non-hydrogen) atoms. The van der Waals surface area contributed by atoms with Crippen LogP contribution in [0.4, 0.5) is 0 Å². The fourth-order valence-corrected chi connectivity index (χ4v) is 2.04. The third kappa shape index (κ3) is 2.29. The van der Waals surface area contributed by atoms with E-state index in [1.807, 2.05) is 6.92 Å². The van der Waals surface area contributed by atoms with Crippen molar-refractivity contribution in [2.75, 3.05) is 7.05 Å². The van der Waals surface area contributed by atoms with Gasteiger partial charge in [0.15, 0.2) is 0 Å². The van der Waals surface area contributed by atoms with Crippen molar-refractivity contribution in [3.05, 3.63) is 29.6 Å². The number of amides is 1. The quantitative estimate of drug-likeness (QED) is 0.861. The van der Waals surface area contributed by atoms with Gasteiger partial charge < -0.3 is 15.0 Å². The third-order valence-electron chi connectivity index (χ3n) is 2.99. The molecule has 0 aliphatic carbocycles. The first-order valence-electron chi connectivity index (χ1n) is 6.00. The summed E-state index contributed by atoms with van der Waals surface area (Å²) in [7, 11) is 1.57. The number of hydrogen-bond acceptors (Lipinski definition) is 3. The molecule has 1 amide bonds. The van der Waals surface area contributed by atoms with Crippen LogP contribution in [0, 0.1) is 0 Å². The van der Waals surface area contributed by atoms with E-state index in [9.17, 15) is 9.59 Å². The number of imidazole rings is 1. The Morgan fingerprint density at radius 1 is 1.42 bits per heavy atom. The summed E-state index contributed by atoms with van der Waals surface area (Å²) in [4.78, 5) is 27.0. The molecule has 1 aromatic carbocycles. The van der Waals surface area contributed by atoms with Crippen molar-refractivity contribution in [2.45, 2.75) is 19.9 Å². The highest BCUT2D eigenvalue weighted by Crippen LogP contribution is 2.20. The van der Waals surface area contributed by atoms with Crippen LogP contribution < -0.4 is 5.32 Å². The Bertz CT molecular complexity index is 646. The normalized spacial score (nSPS) is 10.6. The van der Waals surface area contributed by atoms with E-state index in [-0.39, 0.29) is 18.0 Å². The van der Waals surface area contributed by atoms with E-state index in [1.165, 1.54) is 6.07 Å². The van der Waals surface area contributed by atoms with Crippen LogP contribution >= 0.6 is 0 Å². The number of nitrogens with one attached hydrogen (secondary N) is 1. The minimum absolute atomic E-state index is 0.138. The number of benzene rings is 1. The monoisotopic (exact) mass is 261 g/mol. The molecule has 0 unspecified atom stereocenters. The number of fused-ring (bicyclic) bond motifs is 1. The molecular weight excluding hydrogens is 246 g/mol. The maximum Gasteiger partial charge on any atom is 0.337 e. The average Bonchev–Trinajstić information content (AvgIpc) is 2.76. The predicted octanol–water partition coefficient (Wildman–Crippen LogP) is 1.04. The number of nitrogens with zero attached hydrogens (tertiary/aromatic N) is 2.